The first-order valence-corrected chi connectivity index (χ1v) is 8.50. The molecule has 3 heterocycles. The first kappa shape index (κ1) is 13.4. The highest BCUT2D eigenvalue weighted by molar-refractivity contribution is 7.20. The third kappa shape index (κ3) is 2.07. The maximum atomic E-state index is 13.0. The predicted octanol–water partition coefficient (Wildman–Crippen LogP) is 2.56. The molecule has 5 rings (SSSR count). The van der Waals surface area contributed by atoms with Gasteiger partial charge in [-0.1, -0.05) is 11.3 Å². The van der Waals surface area contributed by atoms with Crippen molar-refractivity contribution in [3.8, 4) is 11.3 Å². The van der Waals surface area contributed by atoms with Crippen molar-refractivity contribution in [3.05, 3.63) is 36.3 Å². The highest BCUT2D eigenvalue weighted by atomic mass is 32.1. The summed E-state index contributed by atoms with van der Waals surface area (Å²) in [6, 6.07) is 6.30. The molecule has 1 aliphatic heterocycles. The van der Waals surface area contributed by atoms with Crippen LogP contribution in [0.3, 0.4) is 0 Å². The summed E-state index contributed by atoms with van der Waals surface area (Å²) in [5, 5.41) is 15.7. The van der Waals surface area contributed by atoms with Gasteiger partial charge in [0.15, 0.2) is 0 Å². The van der Waals surface area contributed by atoms with Crippen molar-refractivity contribution in [2.24, 2.45) is 5.41 Å². The number of nitrogens with zero attached hydrogens (tertiary/aromatic N) is 4. The maximum absolute atomic E-state index is 13.0. The van der Waals surface area contributed by atoms with Crippen LogP contribution in [0.2, 0.25) is 0 Å². The molecule has 5 nitrogen and oxygen atoms in total. The highest BCUT2D eigenvalue weighted by Crippen LogP contribution is 2.53. The van der Waals surface area contributed by atoms with E-state index < -0.39 is 0 Å². The van der Waals surface area contributed by atoms with Crippen molar-refractivity contribution in [1.29, 1.82) is 0 Å². The summed E-state index contributed by atoms with van der Waals surface area (Å²) >= 11 is 1.53. The molecule has 2 aliphatic rings. The number of aliphatic hydroxyl groups is 1. The molecule has 0 amide bonds. The van der Waals surface area contributed by atoms with Gasteiger partial charge in [0.1, 0.15) is 5.82 Å². The molecule has 1 saturated carbocycles. The minimum absolute atomic E-state index is 0.118. The van der Waals surface area contributed by atoms with Crippen molar-refractivity contribution in [2.75, 3.05) is 18.0 Å². The number of rotatable bonds is 2. The van der Waals surface area contributed by atoms with Crippen molar-refractivity contribution >= 4 is 21.4 Å². The lowest BCUT2D eigenvalue weighted by Crippen LogP contribution is -2.21. The Morgan fingerprint density at radius 1 is 1.26 bits per heavy atom. The number of hydrogen-bond acceptors (Lipinski definition) is 5. The molecule has 2 fully saturated rings. The van der Waals surface area contributed by atoms with Crippen molar-refractivity contribution in [1.82, 2.24) is 14.6 Å². The molecule has 23 heavy (non-hydrogen) atoms. The molecule has 3 aromatic rings. The summed E-state index contributed by atoms with van der Waals surface area (Å²) in [5.41, 5.74) is 1.78. The number of fused-ring (bicyclic) bond motifs is 1. The van der Waals surface area contributed by atoms with Gasteiger partial charge in [-0.05, 0) is 37.1 Å². The fraction of sp³-hybridized carbons (Fsp3) is 0.375. The first-order chi connectivity index (χ1) is 11.1. The molecule has 1 saturated heterocycles. The maximum Gasteiger partial charge on any atom is 0.214 e. The molecule has 0 radical (unpaired) electrons. The van der Waals surface area contributed by atoms with Crippen molar-refractivity contribution in [2.45, 2.75) is 18.9 Å². The van der Waals surface area contributed by atoms with Crippen molar-refractivity contribution in [3.63, 3.8) is 0 Å². The molecule has 1 spiro atoms. The smallest absolute Gasteiger partial charge is 0.214 e. The van der Waals surface area contributed by atoms with E-state index in [1.807, 2.05) is 6.20 Å². The van der Waals surface area contributed by atoms with Gasteiger partial charge >= 0.3 is 0 Å². The van der Waals surface area contributed by atoms with Gasteiger partial charge < -0.3 is 10.0 Å². The van der Waals surface area contributed by atoms with Gasteiger partial charge in [-0.3, -0.25) is 0 Å². The lowest BCUT2D eigenvalue weighted by Gasteiger charge is -2.12. The second-order valence-corrected chi connectivity index (χ2v) is 7.44. The van der Waals surface area contributed by atoms with Crippen LogP contribution in [-0.2, 0) is 0 Å². The van der Waals surface area contributed by atoms with E-state index in [2.05, 4.69) is 15.0 Å². The Labute approximate surface area is 136 Å². The van der Waals surface area contributed by atoms with E-state index in [1.165, 1.54) is 23.5 Å². The van der Waals surface area contributed by atoms with Gasteiger partial charge in [0, 0.05) is 24.1 Å². The van der Waals surface area contributed by atoms with E-state index in [1.54, 1.807) is 16.6 Å². The van der Waals surface area contributed by atoms with E-state index in [-0.39, 0.29) is 17.3 Å². The summed E-state index contributed by atoms with van der Waals surface area (Å²) < 4.78 is 14.8. The van der Waals surface area contributed by atoms with Gasteiger partial charge in [0.2, 0.25) is 10.1 Å². The lowest BCUT2D eigenvalue weighted by atomic mass is 10.0. The number of anilines is 1. The first-order valence-electron chi connectivity index (χ1n) is 7.68. The van der Waals surface area contributed by atoms with E-state index in [4.69, 9.17) is 0 Å². The van der Waals surface area contributed by atoms with Crippen molar-refractivity contribution < 1.29 is 9.50 Å². The van der Waals surface area contributed by atoms with Crippen LogP contribution in [-0.4, -0.2) is 38.9 Å². The second kappa shape index (κ2) is 4.52. The third-order valence-corrected chi connectivity index (χ3v) is 5.92. The monoisotopic (exact) mass is 330 g/mol. The predicted molar refractivity (Wildman–Crippen MR) is 86.1 cm³/mol. The Morgan fingerprint density at radius 2 is 2.04 bits per heavy atom. The van der Waals surface area contributed by atoms with E-state index >= 15 is 0 Å². The molecule has 1 aliphatic carbocycles. The van der Waals surface area contributed by atoms with E-state index in [0.29, 0.717) is 6.54 Å². The minimum Gasteiger partial charge on any atom is -0.391 e. The molecular weight excluding hydrogens is 315 g/mol. The van der Waals surface area contributed by atoms with Crippen LogP contribution >= 0.6 is 11.3 Å². The number of aliphatic hydroxyl groups excluding tert-OH is 1. The topological polar surface area (TPSA) is 53.7 Å². The van der Waals surface area contributed by atoms with Gasteiger partial charge in [0.25, 0.3) is 0 Å². The fourth-order valence-electron chi connectivity index (χ4n) is 3.33. The van der Waals surface area contributed by atoms with Crippen LogP contribution in [0.1, 0.15) is 12.8 Å². The summed E-state index contributed by atoms with van der Waals surface area (Å²) in [5.74, 6) is -0.253. The SMILES string of the molecule is OC1CN(c2nn3cc(-c4ccc(F)cc4)nc3s2)CC12CC2. The molecule has 1 aromatic carbocycles. The van der Waals surface area contributed by atoms with Gasteiger partial charge in [-0.15, -0.1) is 5.10 Å². The molecule has 0 bridgehead atoms. The number of halogens is 1. The fourth-order valence-corrected chi connectivity index (χ4v) is 4.22. The van der Waals surface area contributed by atoms with Gasteiger partial charge in [0.05, 0.1) is 18.0 Å². The molecule has 1 unspecified atom stereocenters. The van der Waals surface area contributed by atoms with Crippen LogP contribution in [0.5, 0.6) is 0 Å². The summed E-state index contributed by atoms with van der Waals surface area (Å²) in [4.78, 5) is 7.56. The normalized spacial score (nSPS) is 22.3. The van der Waals surface area contributed by atoms with E-state index in [9.17, 15) is 9.50 Å². The van der Waals surface area contributed by atoms with Crippen LogP contribution in [0.25, 0.3) is 16.2 Å². The lowest BCUT2D eigenvalue weighted by molar-refractivity contribution is 0.136. The van der Waals surface area contributed by atoms with Gasteiger partial charge in [-0.2, -0.15) is 0 Å². The molecular formula is C16H15FN4OS. The number of aromatic nitrogens is 3. The average Bonchev–Trinajstić information content (AvgIpc) is 2.87. The zero-order chi connectivity index (χ0) is 15.6. The summed E-state index contributed by atoms with van der Waals surface area (Å²) in [6.07, 6.45) is 3.85. The Kier molecular flexibility index (Phi) is 2.64. The zero-order valence-electron chi connectivity index (χ0n) is 12.3. The molecule has 7 heteroatoms. The molecule has 1 N–H and O–H groups in total. The van der Waals surface area contributed by atoms with Crippen LogP contribution in [0.15, 0.2) is 30.5 Å². The minimum atomic E-state index is -0.253. The zero-order valence-corrected chi connectivity index (χ0v) is 13.1. The van der Waals surface area contributed by atoms with Crippen LogP contribution in [0, 0.1) is 11.2 Å². The number of imidazole rings is 1. The summed E-state index contributed by atoms with van der Waals surface area (Å²) in [6.45, 7) is 1.54. The molecule has 2 aromatic heterocycles. The number of hydrogen-bond donors (Lipinski definition) is 1. The Morgan fingerprint density at radius 3 is 2.70 bits per heavy atom. The second-order valence-electron chi connectivity index (χ2n) is 6.50. The number of benzene rings is 1. The van der Waals surface area contributed by atoms with Crippen LogP contribution < -0.4 is 4.90 Å². The van der Waals surface area contributed by atoms with E-state index in [0.717, 1.165) is 40.7 Å². The van der Waals surface area contributed by atoms with Crippen LogP contribution in [0.4, 0.5) is 9.52 Å². The summed E-state index contributed by atoms with van der Waals surface area (Å²) in [7, 11) is 0. The van der Waals surface area contributed by atoms with Gasteiger partial charge in [-0.25, -0.2) is 13.9 Å². The Hall–Kier alpha value is -1.99. The molecule has 1 atom stereocenters. The Balaban J connectivity index is 1.45. The standard InChI is InChI=1S/C16H15FN4OS/c17-11-3-1-10(2-4-11)12-7-21-14(18-12)23-15(19-21)20-8-13(22)16(9-20)5-6-16/h1-4,7,13,22H,5-6,8-9H2. The third-order valence-electron chi connectivity index (χ3n) is 4.94. The average molecular weight is 330 g/mol. The number of β-amino-alcohol motifs (C(OH)–C–C–N with tert-alkyl or cyclic N) is 1. The quantitative estimate of drug-likeness (QED) is 0.785. The Bertz CT molecular complexity index is 852. The largest absolute Gasteiger partial charge is 0.391 e. The molecule has 118 valence electrons. The highest BCUT2D eigenvalue weighted by Gasteiger charge is 2.55.